The number of urea groups is 1. The lowest BCUT2D eigenvalue weighted by atomic mass is 9.97. The van der Waals surface area contributed by atoms with E-state index in [9.17, 15) is 14.4 Å². The van der Waals surface area contributed by atoms with Crippen LogP contribution in [0, 0.1) is 11.8 Å². The smallest absolute Gasteiger partial charge is 0.317 e. The molecular formula is C12H21N3O4. The quantitative estimate of drug-likeness (QED) is 0.663. The van der Waals surface area contributed by atoms with Gasteiger partial charge in [-0.1, -0.05) is 6.92 Å². The van der Waals surface area contributed by atoms with Crippen LogP contribution in [0.25, 0.3) is 0 Å². The van der Waals surface area contributed by atoms with E-state index in [1.807, 2.05) is 0 Å². The molecule has 3 N–H and O–H groups in total. The summed E-state index contributed by atoms with van der Waals surface area (Å²) in [4.78, 5) is 35.6. The van der Waals surface area contributed by atoms with E-state index in [1.165, 1.54) is 6.92 Å². The van der Waals surface area contributed by atoms with Crippen molar-refractivity contribution in [3.63, 3.8) is 0 Å². The SMILES string of the molecule is CNC(=O)C1CCCN(C(=O)NCC(C)C(=O)O)C1. The lowest BCUT2D eigenvalue weighted by Crippen LogP contribution is -2.49. The van der Waals surface area contributed by atoms with Crippen LogP contribution in [0.3, 0.4) is 0 Å². The van der Waals surface area contributed by atoms with E-state index >= 15 is 0 Å². The first-order chi connectivity index (χ1) is 8.95. The molecular weight excluding hydrogens is 250 g/mol. The van der Waals surface area contributed by atoms with E-state index in [1.54, 1.807) is 11.9 Å². The zero-order chi connectivity index (χ0) is 14.4. The lowest BCUT2D eigenvalue weighted by Gasteiger charge is -2.32. The number of hydrogen-bond donors (Lipinski definition) is 3. The van der Waals surface area contributed by atoms with E-state index in [4.69, 9.17) is 5.11 Å². The molecule has 1 rings (SSSR count). The Morgan fingerprint density at radius 2 is 2.11 bits per heavy atom. The molecule has 0 bridgehead atoms. The van der Waals surface area contributed by atoms with Crippen molar-refractivity contribution < 1.29 is 19.5 Å². The minimum Gasteiger partial charge on any atom is -0.481 e. The fourth-order valence-electron chi connectivity index (χ4n) is 2.02. The maximum Gasteiger partial charge on any atom is 0.317 e. The van der Waals surface area contributed by atoms with Crippen LogP contribution in [0.5, 0.6) is 0 Å². The summed E-state index contributed by atoms with van der Waals surface area (Å²) in [7, 11) is 1.58. The summed E-state index contributed by atoms with van der Waals surface area (Å²) in [6.07, 6.45) is 1.55. The van der Waals surface area contributed by atoms with Gasteiger partial charge in [0.05, 0.1) is 11.8 Å². The second-order valence-electron chi connectivity index (χ2n) is 4.82. The highest BCUT2D eigenvalue weighted by molar-refractivity contribution is 5.80. The Morgan fingerprint density at radius 1 is 1.42 bits per heavy atom. The molecule has 0 spiro atoms. The third-order valence-corrected chi connectivity index (χ3v) is 3.31. The van der Waals surface area contributed by atoms with Crippen LogP contribution in [-0.4, -0.2) is 54.6 Å². The Balaban J connectivity index is 2.44. The van der Waals surface area contributed by atoms with E-state index in [0.29, 0.717) is 13.1 Å². The summed E-state index contributed by atoms with van der Waals surface area (Å²) in [6, 6.07) is -0.304. The third-order valence-electron chi connectivity index (χ3n) is 3.31. The molecule has 0 aliphatic carbocycles. The number of piperidine rings is 1. The van der Waals surface area contributed by atoms with Crippen molar-refractivity contribution in [2.75, 3.05) is 26.7 Å². The largest absolute Gasteiger partial charge is 0.481 e. The van der Waals surface area contributed by atoms with Gasteiger partial charge in [0.25, 0.3) is 0 Å². The number of nitrogens with zero attached hydrogens (tertiary/aromatic N) is 1. The highest BCUT2D eigenvalue weighted by atomic mass is 16.4. The molecule has 2 unspecified atom stereocenters. The van der Waals surface area contributed by atoms with Crippen LogP contribution in [0.4, 0.5) is 4.79 Å². The summed E-state index contributed by atoms with van der Waals surface area (Å²) in [5.74, 6) is -1.80. The Bertz CT molecular complexity index is 359. The standard InChI is InChI=1S/C12H21N3O4/c1-8(11(17)18)6-14-12(19)15-5-3-4-9(7-15)10(16)13-2/h8-9H,3-7H2,1-2H3,(H,13,16)(H,14,19)(H,17,18). The summed E-state index contributed by atoms with van der Waals surface area (Å²) < 4.78 is 0. The molecule has 19 heavy (non-hydrogen) atoms. The predicted octanol–water partition coefficient (Wildman–Crippen LogP) is -0.125. The lowest BCUT2D eigenvalue weighted by molar-refractivity contribution is -0.140. The number of carboxylic acid groups (broad SMARTS) is 1. The van der Waals surface area contributed by atoms with Gasteiger partial charge in [-0.2, -0.15) is 0 Å². The van der Waals surface area contributed by atoms with Gasteiger partial charge in [0.2, 0.25) is 5.91 Å². The van der Waals surface area contributed by atoms with Crippen molar-refractivity contribution >= 4 is 17.9 Å². The van der Waals surface area contributed by atoms with Gasteiger partial charge in [-0.3, -0.25) is 9.59 Å². The summed E-state index contributed by atoms with van der Waals surface area (Å²) >= 11 is 0. The molecule has 7 nitrogen and oxygen atoms in total. The minimum absolute atomic E-state index is 0.0589. The monoisotopic (exact) mass is 271 g/mol. The molecule has 0 radical (unpaired) electrons. The van der Waals surface area contributed by atoms with Gasteiger partial charge in [-0.05, 0) is 12.8 Å². The molecule has 0 aromatic rings. The van der Waals surface area contributed by atoms with Gasteiger partial charge in [-0.15, -0.1) is 0 Å². The fraction of sp³-hybridized carbons (Fsp3) is 0.750. The molecule has 1 aliphatic heterocycles. The van der Waals surface area contributed by atoms with Crippen molar-refractivity contribution in [3.05, 3.63) is 0 Å². The number of nitrogens with one attached hydrogen (secondary N) is 2. The van der Waals surface area contributed by atoms with Crippen LogP contribution in [0.2, 0.25) is 0 Å². The Morgan fingerprint density at radius 3 is 2.68 bits per heavy atom. The zero-order valence-electron chi connectivity index (χ0n) is 11.3. The number of aliphatic carboxylic acids is 1. The Labute approximate surface area is 112 Å². The van der Waals surface area contributed by atoms with Crippen molar-refractivity contribution in [1.29, 1.82) is 0 Å². The van der Waals surface area contributed by atoms with Crippen molar-refractivity contribution in [2.45, 2.75) is 19.8 Å². The van der Waals surface area contributed by atoms with Crippen molar-refractivity contribution in [2.24, 2.45) is 11.8 Å². The van der Waals surface area contributed by atoms with Gasteiger partial charge < -0.3 is 20.6 Å². The predicted molar refractivity (Wildman–Crippen MR) is 68.6 cm³/mol. The van der Waals surface area contributed by atoms with Crippen molar-refractivity contribution in [3.8, 4) is 0 Å². The molecule has 0 saturated carbocycles. The number of rotatable bonds is 4. The molecule has 0 aromatic heterocycles. The molecule has 108 valence electrons. The van der Waals surface area contributed by atoms with Crippen LogP contribution in [-0.2, 0) is 9.59 Å². The number of carboxylic acids is 1. The van der Waals surface area contributed by atoms with Crippen LogP contribution >= 0.6 is 0 Å². The second kappa shape index (κ2) is 6.96. The van der Waals surface area contributed by atoms with Gasteiger partial charge in [0, 0.05) is 26.7 Å². The molecule has 1 aliphatic rings. The normalized spacial score (nSPS) is 20.5. The first-order valence-electron chi connectivity index (χ1n) is 6.43. The number of likely N-dealkylation sites (tertiary alicyclic amines) is 1. The zero-order valence-corrected chi connectivity index (χ0v) is 11.3. The van der Waals surface area contributed by atoms with E-state index < -0.39 is 11.9 Å². The molecule has 7 heteroatoms. The minimum atomic E-state index is -0.942. The van der Waals surface area contributed by atoms with Gasteiger partial charge >= 0.3 is 12.0 Å². The fourth-order valence-corrected chi connectivity index (χ4v) is 2.02. The molecule has 2 atom stereocenters. The van der Waals surface area contributed by atoms with E-state index in [2.05, 4.69) is 10.6 Å². The third kappa shape index (κ3) is 4.42. The number of carbonyl (C=O) groups is 3. The van der Waals surface area contributed by atoms with Crippen LogP contribution in [0.15, 0.2) is 0 Å². The summed E-state index contributed by atoms with van der Waals surface area (Å²) in [6.45, 7) is 2.61. The highest BCUT2D eigenvalue weighted by Gasteiger charge is 2.28. The first kappa shape index (κ1) is 15.3. The van der Waals surface area contributed by atoms with Gasteiger partial charge in [0.15, 0.2) is 0 Å². The summed E-state index contributed by atoms with van der Waals surface area (Å²) in [5.41, 5.74) is 0. The average Bonchev–Trinajstić information content (AvgIpc) is 2.43. The van der Waals surface area contributed by atoms with Gasteiger partial charge in [-0.25, -0.2) is 4.79 Å². The van der Waals surface area contributed by atoms with Crippen molar-refractivity contribution in [1.82, 2.24) is 15.5 Å². The Hall–Kier alpha value is -1.79. The van der Waals surface area contributed by atoms with Crippen LogP contribution < -0.4 is 10.6 Å². The number of carbonyl (C=O) groups excluding carboxylic acids is 2. The Kier molecular flexibility index (Phi) is 5.59. The maximum absolute atomic E-state index is 11.9. The highest BCUT2D eigenvalue weighted by Crippen LogP contribution is 2.16. The molecule has 0 aromatic carbocycles. The molecule has 1 saturated heterocycles. The summed E-state index contributed by atoms with van der Waals surface area (Å²) in [5, 5.41) is 13.9. The average molecular weight is 271 g/mol. The maximum atomic E-state index is 11.9. The van der Waals surface area contributed by atoms with Gasteiger partial charge in [0.1, 0.15) is 0 Å². The molecule has 1 fully saturated rings. The molecule has 1 heterocycles. The van der Waals surface area contributed by atoms with E-state index in [-0.39, 0.29) is 24.4 Å². The number of hydrogen-bond acceptors (Lipinski definition) is 3. The van der Waals surface area contributed by atoms with E-state index in [0.717, 1.165) is 12.8 Å². The molecule has 3 amide bonds. The topological polar surface area (TPSA) is 98.7 Å². The van der Waals surface area contributed by atoms with Crippen LogP contribution in [0.1, 0.15) is 19.8 Å². The number of amides is 3. The second-order valence-corrected chi connectivity index (χ2v) is 4.82. The first-order valence-corrected chi connectivity index (χ1v) is 6.43.